The largest absolute Gasteiger partial charge is 0.384 e. The van der Waals surface area contributed by atoms with Crippen molar-refractivity contribution < 1.29 is 9.63 Å². The molecule has 2 aromatic rings. The molecule has 0 saturated heterocycles. The monoisotopic (exact) mass is 314 g/mol. The first-order chi connectivity index (χ1) is 10.6. The molecule has 0 radical (unpaired) electrons. The molecule has 2 aromatic carbocycles. The van der Waals surface area contributed by atoms with Crippen LogP contribution in [0.5, 0.6) is 0 Å². The number of oxime groups is 1. The lowest BCUT2D eigenvalue weighted by Crippen LogP contribution is -2.16. The summed E-state index contributed by atoms with van der Waals surface area (Å²) in [6, 6.07) is 16.6. The van der Waals surface area contributed by atoms with Gasteiger partial charge in [-0.3, -0.25) is 0 Å². The van der Waals surface area contributed by atoms with Crippen LogP contribution >= 0.6 is 11.6 Å². The summed E-state index contributed by atoms with van der Waals surface area (Å²) in [5.41, 5.74) is 7.55. The van der Waals surface area contributed by atoms with Crippen molar-refractivity contribution in [3.8, 4) is 0 Å². The van der Waals surface area contributed by atoms with Crippen molar-refractivity contribution in [2.75, 3.05) is 0 Å². The third kappa shape index (κ3) is 5.42. The SMILES string of the molecule is N/C(Cc1ccc(Cl)cc1)=N\OC(=O)/C=C/c1ccccc1. The maximum absolute atomic E-state index is 11.5. The van der Waals surface area contributed by atoms with Gasteiger partial charge in [0.15, 0.2) is 0 Å². The van der Waals surface area contributed by atoms with Crippen LogP contribution < -0.4 is 5.73 Å². The summed E-state index contributed by atoms with van der Waals surface area (Å²) in [6.45, 7) is 0. The Morgan fingerprint density at radius 1 is 1.14 bits per heavy atom. The maximum Gasteiger partial charge on any atom is 0.358 e. The number of carbonyl (C=O) groups is 1. The minimum Gasteiger partial charge on any atom is -0.384 e. The summed E-state index contributed by atoms with van der Waals surface area (Å²) >= 11 is 5.80. The number of carbonyl (C=O) groups excluding carboxylic acids is 1. The van der Waals surface area contributed by atoms with Crippen LogP contribution in [0.25, 0.3) is 6.08 Å². The Balaban J connectivity index is 1.86. The molecule has 0 aliphatic rings. The lowest BCUT2D eigenvalue weighted by Gasteiger charge is -2.00. The van der Waals surface area contributed by atoms with Crippen LogP contribution in [0.4, 0.5) is 0 Å². The van der Waals surface area contributed by atoms with Gasteiger partial charge < -0.3 is 10.6 Å². The molecule has 0 saturated carbocycles. The van der Waals surface area contributed by atoms with Crippen molar-refractivity contribution in [1.29, 1.82) is 0 Å². The quantitative estimate of drug-likeness (QED) is 0.302. The summed E-state index contributed by atoms with van der Waals surface area (Å²) in [7, 11) is 0. The molecular weight excluding hydrogens is 300 g/mol. The summed E-state index contributed by atoms with van der Waals surface area (Å²) < 4.78 is 0. The van der Waals surface area contributed by atoms with Gasteiger partial charge in [-0.2, -0.15) is 0 Å². The normalized spacial score (nSPS) is 11.6. The minimum absolute atomic E-state index is 0.212. The molecule has 0 aliphatic carbocycles. The molecule has 0 amide bonds. The van der Waals surface area contributed by atoms with Crippen LogP contribution in [0, 0.1) is 0 Å². The Hall–Kier alpha value is -2.59. The van der Waals surface area contributed by atoms with Gasteiger partial charge in [-0.25, -0.2) is 4.79 Å². The Morgan fingerprint density at radius 3 is 2.50 bits per heavy atom. The van der Waals surface area contributed by atoms with Crippen molar-refractivity contribution >= 4 is 29.5 Å². The van der Waals surface area contributed by atoms with Gasteiger partial charge >= 0.3 is 5.97 Å². The molecule has 0 bridgehead atoms. The van der Waals surface area contributed by atoms with Crippen molar-refractivity contribution in [3.63, 3.8) is 0 Å². The average molecular weight is 315 g/mol. The number of nitrogens with zero attached hydrogens (tertiary/aromatic N) is 1. The highest BCUT2D eigenvalue weighted by molar-refractivity contribution is 6.30. The highest BCUT2D eigenvalue weighted by Gasteiger charge is 2.00. The molecule has 22 heavy (non-hydrogen) atoms. The molecule has 0 aliphatic heterocycles. The third-order valence-electron chi connectivity index (χ3n) is 2.76. The van der Waals surface area contributed by atoms with E-state index in [1.807, 2.05) is 42.5 Å². The number of hydrogen-bond acceptors (Lipinski definition) is 3. The zero-order valence-electron chi connectivity index (χ0n) is 11.8. The molecule has 112 valence electrons. The van der Waals surface area contributed by atoms with E-state index in [0.717, 1.165) is 11.1 Å². The van der Waals surface area contributed by atoms with Gasteiger partial charge in [-0.1, -0.05) is 59.2 Å². The number of halogens is 1. The molecule has 0 heterocycles. The first kappa shape index (κ1) is 15.8. The fourth-order valence-electron chi connectivity index (χ4n) is 1.71. The van der Waals surface area contributed by atoms with Crippen LogP contribution in [-0.4, -0.2) is 11.8 Å². The summed E-state index contributed by atoms with van der Waals surface area (Å²) in [6.07, 6.45) is 3.33. The van der Waals surface area contributed by atoms with Crippen molar-refractivity contribution in [3.05, 3.63) is 76.8 Å². The highest BCUT2D eigenvalue weighted by atomic mass is 35.5. The number of benzene rings is 2. The van der Waals surface area contributed by atoms with E-state index < -0.39 is 5.97 Å². The number of hydrogen-bond donors (Lipinski definition) is 1. The van der Waals surface area contributed by atoms with E-state index in [1.165, 1.54) is 6.08 Å². The second-order valence-corrected chi connectivity index (χ2v) is 4.98. The lowest BCUT2D eigenvalue weighted by atomic mass is 10.1. The third-order valence-corrected chi connectivity index (χ3v) is 3.01. The fraction of sp³-hybridized carbons (Fsp3) is 0.0588. The minimum atomic E-state index is -0.581. The number of rotatable bonds is 5. The summed E-state index contributed by atoms with van der Waals surface area (Å²) in [5.74, 6) is -0.369. The van der Waals surface area contributed by atoms with E-state index in [9.17, 15) is 4.79 Å². The van der Waals surface area contributed by atoms with E-state index in [0.29, 0.717) is 11.4 Å². The molecular formula is C17H15ClN2O2. The van der Waals surface area contributed by atoms with Crippen LogP contribution in [0.2, 0.25) is 5.02 Å². The zero-order chi connectivity index (χ0) is 15.8. The smallest absolute Gasteiger partial charge is 0.358 e. The van der Waals surface area contributed by atoms with Crippen molar-refractivity contribution in [2.24, 2.45) is 10.9 Å². The predicted molar refractivity (Wildman–Crippen MR) is 88.3 cm³/mol. The summed E-state index contributed by atoms with van der Waals surface area (Å²) in [5, 5.41) is 4.26. The second kappa shape index (κ2) is 8.00. The van der Waals surface area contributed by atoms with E-state index >= 15 is 0 Å². The van der Waals surface area contributed by atoms with Gasteiger partial charge in [0.1, 0.15) is 5.84 Å². The van der Waals surface area contributed by atoms with Gasteiger partial charge in [-0.05, 0) is 29.3 Å². The van der Waals surface area contributed by atoms with E-state index in [-0.39, 0.29) is 5.84 Å². The highest BCUT2D eigenvalue weighted by Crippen LogP contribution is 2.09. The fourth-order valence-corrected chi connectivity index (χ4v) is 1.83. The zero-order valence-corrected chi connectivity index (χ0v) is 12.5. The first-order valence-electron chi connectivity index (χ1n) is 6.64. The molecule has 0 aromatic heterocycles. The van der Waals surface area contributed by atoms with Gasteiger partial charge in [-0.15, -0.1) is 0 Å². The maximum atomic E-state index is 11.5. The topological polar surface area (TPSA) is 64.7 Å². The Bertz CT molecular complexity index is 680. The molecule has 5 heteroatoms. The molecule has 0 unspecified atom stereocenters. The van der Waals surface area contributed by atoms with Crippen LogP contribution in [-0.2, 0) is 16.1 Å². The van der Waals surface area contributed by atoms with Crippen molar-refractivity contribution in [2.45, 2.75) is 6.42 Å². The molecule has 4 nitrogen and oxygen atoms in total. The van der Waals surface area contributed by atoms with E-state index in [1.54, 1.807) is 18.2 Å². The van der Waals surface area contributed by atoms with Gasteiger partial charge in [0.2, 0.25) is 0 Å². The van der Waals surface area contributed by atoms with Crippen LogP contribution in [0.1, 0.15) is 11.1 Å². The van der Waals surface area contributed by atoms with Crippen LogP contribution in [0.15, 0.2) is 65.8 Å². The predicted octanol–water partition coefficient (Wildman–Crippen LogP) is 3.41. The molecule has 2 rings (SSSR count). The average Bonchev–Trinajstić information content (AvgIpc) is 2.54. The van der Waals surface area contributed by atoms with E-state index in [4.69, 9.17) is 22.2 Å². The van der Waals surface area contributed by atoms with Gasteiger partial charge in [0.25, 0.3) is 0 Å². The van der Waals surface area contributed by atoms with E-state index in [2.05, 4.69) is 5.16 Å². The lowest BCUT2D eigenvalue weighted by molar-refractivity contribution is -0.137. The summed E-state index contributed by atoms with van der Waals surface area (Å²) in [4.78, 5) is 16.3. The van der Waals surface area contributed by atoms with Crippen molar-refractivity contribution in [1.82, 2.24) is 0 Å². The van der Waals surface area contributed by atoms with Crippen LogP contribution in [0.3, 0.4) is 0 Å². The van der Waals surface area contributed by atoms with Gasteiger partial charge in [0.05, 0.1) is 0 Å². The molecule has 0 spiro atoms. The Morgan fingerprint density at radius 2 is 1.82 bits per heavy atom. The molecule has 0 atom stereocenters. The standard InChI is InChI=1S/C17H15ClN2O2/c18-15-9-6-14(7-10-15)12-16(19)20-22-17(21)11-8-13-4-2-1-3-5-13/h1-11H,12H2,(H2,19,20)/b11-8+. The first-order valence-corrected chi connectivity index (χ1v) is 7.02. The molecule has 0 fully saturated rings. The number of nitrogens with two attached hydrogens (primary N) is 1. The molecule has 2 N–H and O–H groups in total. The second-order valence-electron chi connectivity index (χ2n) is 4.54. The van der Waals surface area contributed by atoms with Gasteiger partial charge in [0, 0.05) is 17.5 Å². The number of amidine groups is 1. The Labute approximate surface area is 133 Å². The Kier molecular flexibility index (Phi) is 5.74.